The summed E-state index contributed by atoms with van der Waals surface area (Å²) in [6.07, 6.45) is 1.40. The van der Waals surface area contributed by atoms with Gasteiger partial charge in [-0.15, -0.1) is 0 Å². The number of nitro benzene ring substituents is 1. The zero-order valence-corrected chi connectivity index (χ0v) is 12.7. The Bertz CT molecular complexity index is 928. The first-order valence-corrected chi connectivity index (χ1v) is 7.08. The van der Waals surface area contributed by atoms with Crippen molar-refractivity contribution in [2.24, 2.45) is 5.10 Å². The van der Waals surface area contributed by atoms with Gasteiger partial charge in [0.1, 0.15) is 0 Å². The molecule has 0 fully saturated rings. The molecule has 0 atom stereocenters. The van der Waals surface area contributed by atoms with E-state index >= 15 is 0 Å². The van der Waals surface area contributed by atoms with Gasteiger partial charge in [-0.05, 0) is 31.2 Å². The van der Waals surface area contributed by atoms with Crippen molar-refractivity contribution < 1.29 is 9.72 Å². The summed E-state index contributed by atoms with van der Waals surface area (Å²) in [5, 5.41) is 14.6. The molecule has 2 aromatic carbocycles. The number of nitrogens with one attached hydrogen (secondary N) is 2. The average Bonchev–Trinajstić information content (AvgIpc) is 2.97. The first kappa shape index (κ1) is 15.3. The van der Waals surface area contributed by atoms with E-state index < -0.39 is 10.8 Å². The van der Waals surface area contributed by atoms with Gasteiger partial charge in [0.25, 0.3) is 11.6 Å². The topological polar surface area (TPSA) is 113 Å². The van der Waals surface area contributed by atoms with Crippen LogP contribution in [0.1, 0.15) is 21.7 Å². The molecule has 0 saturated heterocycles. The molecule has 8 heteroatoms. The van der Waals surface area contributed by atoms with Gasteiger partial charge in [0.15, 0.2) is 5.82 Å². The van der Waals surface area contributed by atoms with Crippen molar-refractivity contribution in [2.45, 2.75) is 6.92 Å². The molecule has 0 spiro atoms. The Labute approximate surface area is 136 Å². The highest BCUT2D eigenvalue weighted by atomic mass is 16.6. The normalized spacial score (nSPS) is 11.0. The van der Waals surface area contributed by atoms with Gasteiger partial charge in [-0.2, -0.15) is 5.10 Å². The quantitative estimate of drug-likeness (QED) is 0.436. The van der Waals surface area contributed by atoms with E-state index in [-0.39, 0.29) is 5.69 Å². The fourth-order valence-electron chi connectivity index (χ4n) is 2.25. The molecule has 0 bridgehead atoms. The number of aryl methyl sites for hydroxylation is 1. The second-order valence-electron chi connectivity index (χ2n) is 5.10. The van der Waals surface area contributed by atoms with Gasteiger partial charge in [-0.3, -0.25) is 14.9 Å². The van der Waals surface area contributed by atoms with Crippen molar-refractivity contribution in [1.29, 1.82) is 0 Å². The zero-order chi connectivity index (χ0) is 17.1. The average molecular weight is 323 g/mol. The van der Waals surface area contributed by atoms with Crippen molar-refractivity contribution in [1.82, 2.24) is 15.4 Å². The Balaban J connectivity index is 1.70. The minimum absolute atomic E-state index is 0.0303. The molecule has 0 unspecified atom stereocenters. The Morgan fingerprint density at radius 2 is 2.12 bits per heavy atom. The monoisotopic (exact) mass is 323 g/mol. The van der Waals surface area contributed by atoms with Crippen molar-refractivity contribution >= 4 is 28.8 Å². The van der Waals surface area contributed by atoms with E-state index in [2.05, 4.69) is 20.5 Å². The molecule has 0 aliphatic carbocycles. The van der Waals surface area contributed by atoms with E-state index in [1.165, 1.54) is 24.4 Å². The lowest BCUT2D eigenvalue weighted by Gasteiger charge is -2.01. The number of hydrogen-bond acceptors (Lipinski definition) is 5. The maximum Gasteiger partial charge on any atom is 0.272 e. The molecule has 0 radical (unpaired) electrons. The molecular formula is C16H13N5O3. The van der Waals surface area contributed by atoms with Crippen molar-refractivity contribution in [3.63, 3.8) is 0 Å². The van der Waals surface area contributed by atoms with Crippen molar-refractivity contribution in [2.75, 3.05) is 0 Å². The van der Waals surface area contributed by atoms with Crippen LogP contribution in [0, 0.1) is 17.0 Å². The second-order valence-corrected chi connectivity index (χ2v) is 5.10. The summed E-state index contributed by atoms with van der Waals surface area (Å²) in [5.74, 6) is 0.0525. The molecule has 1 aromatic heterocycles. The molecule has 24 heavy (non-hydrogen) atoms. The summed E-state index contributed by atoms with van der Waals surface area (Å²) in [7, 11) is 0. The Kier molecular flexibility index (Phi) is 4.02. The largest absolute Gasteiger partial charge is 0.337 e. The van der Waals surface area contributed by atoms with Gasteiger partial charge < -0.3 is 4.98 Å². The molecule has 1 amide bonds. The highest BCUT2D eigenvalue weighted by Crippen LogP contribution is 2.18. The van der Waals surface area contributed by atoms with Crippen LogP contribution >= 0.6 is 0 Å². The molecule has 3 aromatic rings. The summed E-state index contributed by atoms with van der Waals surface area (Å²) in [6.45, 7) is 1.58. The van der Waals surface area contributed by atoms with Crippen molar-refractivity contribution in [3.05, 3.63) is 69.5 Å². The zero-order valence-electron chi connectivity index (χ0n) is 12.7. The molecule has 8 nitrogen and oxygen atoms in total. The first-order chi connectivity index (χ1) is 11.5. The lowest BCUT2D eigenvalue weighted by Crippen LogP contribution is -2.18. The molecule has 120 valence electrons. The maximum atomic E-state index is 12.0. The summed E-state index contributed by atoms with van der Waals surface area (Å²) in [5.41, 5.74) is 4.71. The van der Waals surface area contributed by atoms with E-state index in [0.29, 0.717) is 17.0 Å². The number of carbonyl (C=O) groups excluding carboxylic acids is 1. The predicted molar refractivity (Wildman–Crippen MR) is 89.0 cm³/mol. The minimum atomic E-state index is -0.489. The number of nitro groups is 1. The number of aromatic amines is 1. The molecule has 0 aliphatic rings. The number of benzene rings is 2. The van der Waals surface area contributed by atoms with Crippen molar-refractivity contribution in [3.8, 4) is 0 Å². The van der Waals surface area contributed by atoms with Gasteiger partial charge in [-0.1, -0.05) is 12.1 Å². The van der Waals surface area contributed by atoms with Crippen LogP contribution in [0.2, 0.25) is 0 Å². The molecule has 0 aliphatic heterocycles. The van der Waals surface area contributed by atoms with Gasteiger partial charge in [0.05, 0.1) is 22.2 Å². The first-order valence-electron chi connectivity index (χ1n) is 7.08. The fourth-order valence-corrected chi connectivity index (χ4v) is 2.25. The summed E-state index contributed by atoms with van der Waals surface area (Å²) in [6, 6.07) is 11.6. The maximum absolute atomic E-state index is 12.0. The van der Waals surface area contributed by atoms with Gasteiger partial charge in [0.2, 0.25) is 0 Å². The van der Waals surface area contributed by atoms with E-state index in [0.717, 1.165) is 11.0 Å². The number of nitrogens with zero attached hydrogens (tertiary/aromatic N) is 3. The van der Waals surface area contributed by atoms with E-state index in [9.17, 15) is 14.9 Å². The number of fused-ring (bicyclic) bond motifs is 1. The van der Waals surface area contributed by atoms with Crippen LogP contribution in [0.5, 0.6) is 0 Å². The van der Waals surface area contributed by atoms with E-state index in [1.54, 1.807) is 6.92 Å². The van der Waals surface area contributed by atoms with Crippen LogP contribution in [0.3, 0.4) is 0 Å². The Morgan fingerprint density at radius 1 is 1.33 bits per heavy atom. The molecular weight excluding hydrogens is 310 g/mol. The lowest BCUT2D eigenvalue weighted by atomic mass is 10.1. The highest BCUT2D eigenvalue weighted by molar-refractivity contribution is 5.95. The molecule has 3 rings (SSSR count). The summed E-state index contributed by atoms with van der Waals surface area (Å²) >= 11 is 0. The van der Waals surface area contributed by atoms with Gasteiger partial charge in [0, 0.05) is 17.2 Å². The predicted octanol–water partition coefficient (Wildman–Crippen LogP) is 2.54. The number of para-hydroxylation sites is 2. The van der Waals surface area contributed by atoms with Crippen LogP contribution in [0.4, 0.5) is 5.69 Å². The third kappa shape index (κ3) is 3.12. The minimum Gasteiger partial charge on any atom is -0.337 e. The molecule has 0 saturated carbocycles. The van der Waals surface area contributed by atoms with E-state index in [4.69, 9.17) is 0 Å². The number of imidazole rings is 1. The number of hydrogen-bond donors (Lipinski definition) is 2. The molecule has 2 N–H and O–H groups in total. The van der Waals surface area contributed by atoms with Gasteiger partial charge in [-0.25, -0.2) is 10.4 Å². The number of aromatic nitrogens is 2. The van der Waals surface area contributed by atoms with Crippen LogP contribution in [0.25, 0.3) is 11.0 Å². The van der Waals surface area contributed by atoms with Gasteiger partial charge >= 0.3 is 0 Å². The lowest BCUT2D eigenvalue weighted by molar-refractivity contribution is -0.385. The summed E-state index contributed by atoms with van der Waals surface area (Å²) in [4.78, 5) is 29.7. The smallest absolute Gasteiger partial charge is 0.272 e. The van der Waals surface area contributed by atoms with E-state index in [1.807, 2.05) is 24.3 Å². The summed E-state index contributed by atoms with van der Waals surface area (Å²) < 4.78 is 0. The van der Waals surface area contributed by atoms with Crippen LogP contribution < -0.4 is 5.43 Å². The number of rotatable bonds is 4. The fraction of sp³-hybridized carbons (Fsp3) is 0.0625. The number of amides is 1. The number of hydrazone groups is 1. The Hall–Kier alpha value is -3.55. The number of H-pyrrole nitrogens is 1. The standard InChI is InChI=1S/C16H13N5O3/c1-10-8-11(6-7-14(10)21(23)24)16(22)20-17-9-15-18-12-4-2-3-5-13(12)19-15/h2-9H,1H3,(H,18,19)(H,20,22)/b17-9+. The third-order valence-corrected chi connectivity index (χ3v) is 3.42. The number of carbonyl (C=O) groups is 1. The second kappa shape index (κ2) is 6.29. The third-order valence-electron chi connectivity index (χ3n) is 3.42. The van der Waals surface area contributed by atoms with Crippen LogP contribution in [-0.2, 0) is 0 Å². The van der Waals surface area contributed by atoms with Crippen LogP contribution in [0.15, 0.2) is 47.6 Å². The van der Waals surface area contributed by atoms with Crippen LogP contribution in [-0.4, -0.2) is 27.0 Å². The Morgan fingerprint density at radius 3 is 2.83 bits per heavy atom. The highest BCUT2D eigenvalue weighted by Gasteiger charge is 2.13. The molecule has 1 heterocycles. The SMILES string of the molecule is Cc1cc(C(=O)N/N=C/c2nc3ccccc3[nH]2)ccc1[N+](=O)[O-].